The molecule has 0 radical (unpaired) electrons. The molecule has 0 heterocycles. The predicted octanol–water partition coefficient (Wildman–Crippen LogP) is 6.91. The molecule has 0 aliphatic rings. The van der Waals surface area contributed by atoms with E-state index in [2.05, 4.69) is 6.92 Å². The Morgan fingerprint density at radius 3 is 1.92 bits per heavy atom. The molecule has 0 spiro atoms. The largest absolute Gasteiger partial charge is 0.426 e. The number of carbonyl (C=O) groups excluding carboxylic acids is 1. The molecule has 0 saturated carbocycles. The highest BCUT2D eigenvalue weighted by Gasteiger charge is 2.22. The molecule has 2 aromatic rings. The summed E-state index contributed by atoms with van der Waals surface area (Å²) in [6.45, 7) is 2.25. The fourth-order valence-electron chi connectivity index (χ4n) is 3.26. The van der Waals surface area contributed by atoms with Crippen molar-refractivity contribution in [3.05, 3.63) is 66.2 Å². The summed E-state index contributed by atoms with van der Waals surface area (Å²) >= 11 is 0. The van der Waals surface area contributed by atoms with Crippen molar-refractivity contribution in [3.63, 3.8) is 0 Å². The fourth-order valence-corrected chi connectivity index (χ4v) is 3.26. The molecule has 26 heavy (non-hydrogen) atoms. The number of carbonyl (C=O) groups is 1. The van der Waals surface area contributed by atoms with Crippen molar-refractivity contribution < 1.29 is 9.53 Å². The van der Waals surface area contributed by atoms with Gasteiger partial charge >= 0.3 is 5.97 Å². The van der Waals surface area contributed by atoms with Crippen LogP contribution in [0.3, 0.4) is 0 Å². The van der Waals surface area contributed by atoms with Gasteiger partial charge in [0.2, 0.25) is 0 Å². The van der Waals surface area contributed by atoms with Gasteiger partial charge in [-0.1, -0.05) is 107 Å². The van der Waals surface area contributed by atoms with Crippen molar-refractivity contribution in [2.24, 2.45) is 0 Å². The molecule has 140 valence electrons. The van der Waals surface area contributed by atoms with Gasteiger partial charge in [0.05, 0.1) is 5.92 Å². The third-order valence-corrected chi connectivity index (χ3v) is 4.79. The van der Waals surface area contributed by atoms with E-state index in [1.807, 2.05) is 60.7 Å². The Morgan fingerprint density at radius 2 is 1.31 bits per heavy atom. The smallest absolute Gasteiger partial charge is 0.318 e. The summed E-state index contributed by atoms with van der Waals surface area (Å²) in [6, 6.07) is 19.4. The van der Waals surface area contributed by atoms with E-state index in [0.29, 0.717) is 5.75 Å². The molecular formula is C24H32O2. The second-order valence-corrected chi connectivity index (χ2v) is 6.96. The number of unbranched alkanes of at least 4 members (excludes halogenated alkanes) is 7. The van der Waals surface area contributed by atoms with Crippen LogP contribution in [0.5, 0.6) is 5.75 Å². The molecule has 0 saturated heterocycles. The highest BCUT2D eigenvalue weighted by Crippen LogP contribution is 2.25. The summed E-state index contributed by atoms with van der Waals surface area (Å²) in [5.74, 6) is 0.288. The van der Waals surface area contributed by atoms with Crippen molar-refractivity contribution in [1.29, 1.82) is 0 Å². The first-order chi connectivity index (χ1) is 12.8. The summed E-state index contributed by atoms with van der Waals surface area (Å²) < 4.78 is 5.61. The minimum Gasteiger partial charge on any atom is -0.426 e. The van der Waals surface area contributed by atoms with Gasteiger partial charge < -0.3 is 4.74 Å². The van der Waals surface area contributed by atoms with Crippen LogP contribution in [0.15, 0.2) is 60.7 Å². The van der Waals surface area contributed by atoms with Crippen LogP contribution >= 0.6 is 0 Å². The third kappa shape index (κ3) is 7.43. The van der Waals surface area contributed by atoms with Gasteiger partial charge in [0.15, 0.2) is 0 Å². The molecular weight excluding hydrogens is 320 g/mol. The van der Waals surface area contributed by atoms with Gasteiger partial charge in [-0.3, -0.25) is 4.79 Å². The Balaban J connectivity index is 1.83. The quantitative estimate of drug-likeness (QED) is 0.236. The second-order valence-electron chi connectivity index (χ2n) is 6.96. The first-order valence-electron chi connectivity index (χ1n) is 10.1. The van der Waals surface area contributed by atoms with Crippen molar-refractivity contribution in [1.82, 2.24) is 0 Å². The molecule has 0 aliphatic heterocycles. The molecule has 0 aliphatic carbocycles. The van der Waals surface area contributed by atoms with Crippen LogP contribution in [0, 0.1) is 0 Å². The van der Waals surface area contributed by atoms with E-state index in [1.54, 1.807) is 0 Å². The van der Waals surface area contributed by atoms with Crippen LogP contribution in [0.4, 0.5) is 0 Å². The SMILES string of the molecule is CCCCCCCCCCC(C(=O)Oc1ccccc1)c1ccccc1. The molecule has 0 amide bonds. The highest BCUT2D eigenvalue weighted by molar-refractivity contribution is 5.80. The number of rotatable bonds is 12. The molecule has 0 aromatic heterocycles. The predicted molar refractivity (Wildman–Crippen MR) is 108 cm³/mol. The number of para-hydroxylation sites is 1. The lowest BCUT2D eigenvalue weighted by atomic mass is 9.93. The van der Waals surface area contributed by atoms with E-state index in [-0.39, 0.29) is 11.9 Å². The Bertz CT molecular complexity index is 607. The lowest BCUT2D eigenvalue weighted by molar-refractivity contribution is -0.136. The summed E-state index contributed by atoms with van der Waals surface area (Å²) in [4.78, 5) is 12.7. The Kier molecular flexibility index (Phi) is 9.56. The average Bonchev–Trinajstić information content (AvgIpc) is 2.68. The topological polar surface area (TPSA) is 26.3 Å². The van der Waals surface area contributed by atoms with E-state index in [0.717, 1.165) is 18.4 Å². The zero-order valence-electron chi connectivity index (χ0n) is 16.0. The van der Waals surface area contributed by atoms with Crippen molar-refractivity contribution >= 4 is 5.97 Å². The van der Waals surface area contributed by atoms with Crippen LogP contribution < -0.4 is 4.74 Å². The minimum absolute atomic E-state index is 0.148. The van der Waals surface area contributed by atoms with Gasteiger partial charge in [0.1, 0.15) is 5.75 Å². The number of esters is 1. The molecule has 0 bridgehead atoms. The normalized spacial score (nSPS) is 11.9. The molecule has 1 unspecified atom stereocenters. The maximum atomic E-state index is 12.7. The van der Waals surface area contributed by atoms with Crippen molar-refractivity contribution in [3.8, 4) is 5.75 Å². The highest BCUT2D eigenvalue weighted by atomic mass is 16.5. The van der Waals surface area contributed by atoms with Crippen LogP contribution in [-0.2, 0) is 4.79 Å². The van der Waals surface area contributed by atoms with Crippen LogP contribution in [0.25, 0.3) is 0 Å². The summed E-state index contributed by atoms with van der Waals surface area (Å²) in [6.07, 6.45) is 11.0. The van der Waals surface area contributed by atoms with Gasteiger partial charge in [-0.15, -0.1) is 0 Å². The zero-order valence-corrected chi connectivity index (χ0v) is 16.0. The monoisotopic (exact) mass is 352 g/mol. The van der Waals surface area contributed by atoms with Gasteiger partial charge in [-0.05, 0) is 24.1 Å². The van der Waals surface area contributed by atoms with Gasteiger partial charge in [0.25, 0.3) is 0 Å². The van der Waals surface area contributed by atoms with Gasteiger partial charge in [0, 0.05) is 0 Å². The number of hydrogen-bond acceptors (Lipinski definition) is 2. The lowest BCUT2D eigenvalue weighted by Crippen LogP contribution is -2.19. The van der Waals surface area contributed by atoms with Crippen molar-refractivity contribution in [2.45, 2.75) is 70.6 Å². The van der Waals surface area contributed by atoms with E-state index < -0.39 is 0 Å². The molecule has 2 rings (SSSR count). The standard InChI is InChI=1S/C24H32O2/c1-2-3-4-5-6-7-8-15-20-23(21-16-11-9-12-17-21)24(25)26-22-18-13-10-14-19-22/h9-14,16-19,23H,2-8,15,20H2,1H3. The van der Waals surface area contributed by atoms with E-state index in [4.69, 9.17) is 4.74 Å². The fraction of sp³-hybridized carbons (Fsp3) is 0.458. The Morgan fingerprint density at radius 1 is 0.769 bits per heavy atom. The van der Waals surface area contributed by atoms with E-state index in [9.17, 15) is 4.79 Å². The first-order valence-corrected chi connectivity index (χ1v) is 10.1. The molecule has 1 atom stereocenters. The molecule has 0 fully saturated rings. The van der Waals surface area contributed by atoms with Gasteiger partial charge in [-0.2, -0.15) is 0 Å². The number of ether oxygens (including phenoxy) is 1. The van der Waals surface area contributed by atoms with E-state index in [1.165, 1.54) is 44.9 Å². The average molecular weight is 353 g/mol. The Labute approximate surface area is 158 Å². The van der Waals surface area contributed by atoms with E-state index >= 15 is 0 Å². The Hall–Kier alpha value is -2.09. The number of benzene rings is 2. The number of hydrogen-bond donors (Lipinski definition) is 0. The van der Waals surface area contributed by atoms with Crippen LogP contribution in [-0.4, -0.2) is 5.97 Å². The summed E-state index contributed by atoms with van der Waals surface area (Å²) in [5, 5.41) is 0. The minimum atomic E-state index is -0.184. The molecule has 2 heteroatoms. The van der Waals surface area contributed by atoms with Crippen molar-refractivity contribution in [2.75, 3.05) is 0 Å². The zero-order chi connectivity index (χ0) is 18.5. The van der Waals surface area contributed by atoms with Crippen LogP contribution in [0.2, 0.25) is 0 Å². The second kappa shape index (κ2) is 12.3. The molecule has 2 nitrogen and oxygen atoms in total. The van der Waals surface area contributed by atoms with Gasteiger partial charge in [-0.25, -0.2) is 0 Å². The maximum absolute atomic E-state index is 12.7. The van der Waals surface area contributed by atoms with Crippen LogP contribution in [0.1, 0.15) is 76.2 Å². The molecule has 0 N–H and O–H groups in total. The maximum Gasteiger partial charge on any atom is 0.318 e. The molecule has 2 aromatic carbocycles. The third-order valence-electron chi connectivity index (χ3n) is 4.79. The summed E-state index contributed by atoms with van der Waals surface area (Å²) in [5.41, 5.74) is 1.05. The lowest BCUT2D eigenvalue weighted by Gasteiger charge is -2.16. The first kappa shape index (κ1) is 20.2. The summed E-state index contributed by atoms with van der Waals surface area (Å²) in [7, 11) is 0.